The molecule has 0 spiro atoms. The monoisotopic (exact) mass is 251 g/mol. The Kier molecular flexibility index (Phi) is 3.29. The van der Waals surface area contributed by atoms with Crippen molar-refractivity contribution in [2.75, 3.05) is 11.4 Å². The number of imide groups is 1. The van der Waals surface area contributed by atoms with Crippen molar-refractivity contribution in [1.29, 1.82) is 0 Å². The number of para-hydroxylation sites is 1. The van der Waals surface area contributed by atoms with Crippen molar-refractivity contribution in [2.45, 2.75) is 19.5 Å². The zero-order valence-electron chi connectivity index (χ0n) is 9.94. The number of amides is 2. The van der Waals surface area contributed by atoms with Crippen LogP contribution in [0.3, 0.4) is 0 Å². The average Bonchev–Trinajstić information content (AvgIpc) is 2.33. The predicted molar refractivity (Wildman–Crippen MR) is 64.2 cm³/mol. The van der Waals surface area contributed by atoms with Crippen LogP contribution in [0.1, 0.15) is 12.5 Å². The van der Waals surface area contributed by atoms with E-state index in [1.165, 1.54) is 11.0 Å². The Morgan fingerprint density at radius 3 is 2.89 bits per heavy atom. The quantitative estimate of drug-likeness (QED) is 0.733. The van der Waals surface area contributed by atoms with Gasteiger partial charge < -0.3 is 10.6 Å². The zero-order chi connectivity index (χ0) is 13.3. The largest absolute Gasteiger partial charge is 0.348 e. The number of rotatable bonds is 2. The summed E-state index contributed by atoms with van der Waals surface area (Å²) in [6.07, 6.45) is 0. The molecule has 6 heteroatoms. The normalized spacial score (nSPS) is 19.9. The van der Waals surface area contributed by atoms with Gasteiger partial charge in [-0.2, -0.15) is 0 Å². The Hall–Kier alpha value is -1.95. The molecule has 1 atom stereocenters. The maximum atomic E-state index is 13.9. The molecule has 0 bridgehead atoms. The number of hydrogen-bond acceptors (Lipinski definition) is 4. The van der Waals surface area contributed by atoms with Crippen molar-refractivity contribution in [2.24, 2.45) is 5.73 Å². The summed E-state index contributed by atoms with van der Waals surface area (Å²) in [5.74, 6) is -1.35. The van der Waals surface area contributed by atoms with Crippen molar-refractivity contribution in [3.05, 3.63) is 29.6 Å². The molecule has 2 amide bonds. The summed E-state index contributed by atoms with van der Waals surface area (Å²) < 4.78 is 13.9. The van der Waals surface area contributed by atoms with Crippen molar-refractivity contribution in [1.82, 2.24) is 5.32 Å². The first-order chi connectivity index (χ1) is 8.54. The number of carbonyl (C=O) groups excluding carboxylic acids is 2. The van der Waals surface area contributed by atoms with E-state index >= 15 is 0 Å². The van der Waals surface area contributed by atoms with E-state index in [1.54, 1.807) is 19.1 Å². The van der Waals surface area contributed by atoms with Gasteiger partial charge in [-0.3, -0.25) is 14.9 Å². The number of carbonyl (C=O) groups is 2. The fourth-order valence-corrected chi connectivity index (χ4v) is 2.03. The van der Waals surface area contributed by atoms with Crippen LogP contribution in [0.4, 0.5) is 10.1 Å². The minimum absolute atomic E-state index is 0.0547. The summed E-state index contributed by atoms with van der Waals surface area (Å²) in [7, 11) is 0. The third-order valence-corrected chi connectivity index (χ3v) is 3.00. The van der Waals surface area contributed by atoms with E-state index in [2.05, 4.69) is 5.32 Å². The number of nitrogens with one attached hydrogen (secondary N) is 1. The second-order valence-electron chi connectivity index (χ2n) is 4.17. The molecule has 18 heavy (non-hydrogen) atoms. The summed E-state index contributed by atoms with van der Waals surface area (Å²) in [5, 5.41) is 2.21. The van der Waals surface area contributed by atoms with Crippen LogP contribution < -0.4 is 16.0 Å². The molecule has 1 aliphatic heterocycles. The van der Waals surface area contributed by atoms with Gasteiger partial charge in [0.15, 0.2) is 0 Å². The Bertz CT molecular complexity index is 504. The SMILES string of the molecule is CC1C(=O)NC(=O)CN1c1c(F)cccc1CN. The van der Waals surface area contributed by atoms with Crippen molar-refractivity contribution in [3.63, 3.8) is 0 Å². The average molecular weight is 251 g/mol. The van der Waals surface area contributed by atoms with Gasteiger partial charge in [-0.15, -0.1) is 0 Å². The number of nitrogens with two attached hydrogens (primary N) is 1. The molecular formula is C12H14FN3O2. The maximum Gasteiger partial charge on any atom is 0.249 e. The molecule has 1 heterocycles. The summed E-state index contributed by atoms with van der Waals surface area (Å²) >= 11 is 0. The molecule has 96 valence electrons. The van der Waals surface area contributed by atoms with E-state index in [4.69, 9.17) is 5.73 Å². The number of halogens is 1. The lowest BCUT2D eigenvalue weighted by Gasteiger charge is -2.34. The van der Waals surface area contributed by atoms with Gasteiger partial charge in [0, 0.05) is 6.54 Å². The first-order valence-corrected chi connectivity index (χ1v) is 5.62. The molecule has 1 unspecified atom stereocenters. The number of hydrogen-bond donors (Lipinski definition) is 2. The standard InChI is InChI=1S/C12H14FN3O2/c1-7-12(18)15-10(17)6-16(7)11-8(5-14)3-2-4-9(11)13/h2-4,7H,5-6,14H2,1H3,(H,15,17,18). The Labute approximate surface area is 104 Å². The first-order valence-electron chi connectivity index (χ1n) is 5.62. The second kappa shape index (κ2) is 4.73. The van der Waals surface area contributed by atoms with Gasteiger partial charge in [0.25, 0.3) is 0 Å². The number of nitrogens with zero attached hydrogens (tertiary/aromatic N) is 1. The lowest BCUT2D eigenvalue weighted by Crippen LogP contribution is -2.57. The van der Waals surface area contributed by atoms with Gasteiger partial charge in [-0.1, -0.05) is 12.1 Å². The third kappa shape index (κ3) is 2.06. The fraction of sp³-hybridized carbons (Fsp3) is 0.333. The molecule has 3 N–H and O–H groups in total. The molecule has 0 aromatic heterocycles. The lowest BCUT2D eigenvalue weighted by molar-refractivity contribution is -0.132. The topological polar surface area (TPSA) is 75.4 Å². The molecule has 2 rings (SSSR count). The van der Waals surface area contributed by atoms with Gasteiger partial charge >= 0.3 is 0 Å². The van der Waals surface area contributed by atoms with E-state index in [-0.39, 0.29) is 18.8 Å². The Morgan fingerprint density at radius 1 is 1.50 bits per heavy atom. The highest BCUT2D eigenvalue weighted by atomic mass is 19.1. The van der Waals surface area contributed by atoms with Crippen LogP contribution in [0, 0.1) is 5.82 Å². The summed E-state index contributed by atoms with van der Waals surface area (Å²) in [6.45, 7) is 1.71. The van der Waals surface area contributed by atoms with Gasteiger partial charge in [0.05, 0.1) is 12.2 Å². The zero-order valence-corrected chi connectivity index (χ0v) is 9.94. The predicted octanol–water partition coefficient (Wildman–Crippen LogP) is 0.136. The molecule has 1 fully saturated rings. The maximum absolute atomic E-state index is 13.9. The van der Waals surface area contributed by atoms with Gasteiger partial charge in [0.1, 0.15) is 11.9 Å². The van der Waals surface area contributed by atoms with Gasteiger partial charge in [-0.05, 0) is 18.6 Å². The molecular weight excluding hydrogens is 237 g/mol. The minimum atomic E-state index is -0.607. The third-order valence-electron chi connectivity index (χ3n) is 3.00. The molecule has 0 saturated carbocycles. The fourth-order valence-electron chi connectivity index (χ4n) is 2.03. The van der Waals surface area contributed by atoms with Crippen molar-refractivity contribution >= 4 is 17.5 Å². The highest BCUT2D eigenvalue weighted by molar-refractivity contribution is 6.04. The van der Waals surface area contributed by atoms with E-state index in [1.807, 2.05) is 0 Å². The minimum Gasteiger partial charge on any atom is -0.348 e. The summed E-state index contributed by atoms with van der Waals surface area (Å²) in [5.41, 5.74) is 6.37. The smallest absolute Gasteiger partial charge is 0.249 e. The molecule has 5 nitrogen and oxygen atoms in total. The Morgan fingerprint density at radius 2 is 2.22 bits per heavy atom. The van der Waals surface area contributed by atoms with Crippen LogP contribution in [0.25, 0.3) is 0 Å². The molecule has 0 aliphatic carbocycles. The van der Waals surface area contributed by atoms with E-state index in [0.29, 0.717) is 5.56 Å². The van der Waals surface area contributed by atoms with Crippen LogP contribution in [0.5, 0.6) is 0 Å². The number of anilines is 1. The number of piperazine rings is 1. The van der Waals surface area contributed by atoms with E-state index < -0.39 is 23.7 Å². The van der Waals surface area contributed by atoms with Crippen LogP contribution in [-0.2, 0) is 16.1 Å². The van der Waals surface area contributed by atoms with Crippen LogP contribution in [0.15, 0.2) is 18.2 Å². The first kappa shape index (κ1) is 12.5. The number of benzene rings is 1. The molecule has 1 aliphatic rings. The van der Waals surface area contributed by atoms with Crippen LogP contribution >= 0.6 is 0 Å². The van der Waals surface area contributed by atoms with Gasteiger partial charge in [-0.25, -0.2) is 4.39 Å². The Balaban J connectivity index is 2.47. The molecule has 1 aromatic rings. The van der Waals surface area contributed by atoms with Crippen LogP contribution in [-0.4, -0.2) is 24.4 Å². The van der Waals surface area contributed by atoms with Crippen molar-refractivity contribution < 1.29 is 14.0 Å². The summed E-state index contributed by atoms with van der Waals surface area (Å²) in [6, 6.07) is 3.92. The lowest BCUT2D eigenvalue weighted by atomic mass is 10.1. The highest BCUT2D eigenvalue weighted by Crippen LogP contribution is 2.27. The summed E-state index contributed by atoms with van der Waals surface area (Å²) in [4.78, 5) is 24.4. The van der Waals surface area contributed by atoms with Crippen molar-refractivity contribution in [3.8, 4) is 0 Å². The molecule has 1 saturated heterocycles. The second-order valence-corrected chi connectivity index (χ2v) is 4.17. The highest BCUT2D eigenvalue weighted by Gasteiger charge is 2.32. The molecule has 1 aromatic carbocycles. The van der Waals surface area contributed by atoms with E-state index in [0.717, 1.165) is 0 Å². The molecule has 0 radical (unpaired) electrons. The van der Waals surface area contributed by atoms with E-state index in [9.17, 15) is 14.0 Å². The van der Waals surface area contributed by atoms with Crippen LogP contribution in [0.2, 0.25) is 0 Å². The van der Waals surface area contributed by atoms with Gasteiger partial charge in [0.2, 0.25) is 11.8 Å².